The number of Topliss-reactive ketones (excluding diaryl/α,β-unsaturated/α-hetero) is 2. The van der Waals surface area contributed by atoms with Crippen LogP contribution in [-0.2, 0) is 27.3 Å². The first-order valence-electron chi connectivity index (χ1n) is 15.7. The topological polar surface area (TPSA) is 165 Å². The van der Waals surface area contributed by atoms with Crippen LogP contribution in [0.1, 0.15) is 36.0 Å². The molecule has 6 N–H and O–H groups in total. The quantitative estimate of drug-likeness (QED) is 0.268. The van der Waals surface area contributed by atoms with Crippen LogP contribution >= 0.6 is 0 Å². The van der Waals surface area contributed by atoms with E-state index in [1.807, 2.05) is 18.2 Å². The van der Waals surface area contributed by atoms with Crippen molar-refractivity contribution in [1.82, 2.24) is 9.80 Å². The van der Waals surface area contributed by atoms with Crippen molar-refractivity contribution in [3.63, 3.8) is 0 Å². The van der Waals surface area contributed by atoms with Gasteiger partial charge in [-0.1, -0.05) is 42.5 Å². The van der Waals surface area contributed by atoms with Crippen molar-refractivity contribution in [2.24, 2.45) is 17.6 Å². The molecule has 3 aromatic rings. The predicted octanol–water partition coefficient (Wildman–Crippen LogP) is 3.38. The minimum atomic E-state index is -2.67. The summed E-state index contributed by atoms with van der Waals surface area (Å²) in [4.78, 5) is 43.8. The average molecular weight is 624 g/mol. The fourth-order valence-electron chi connectivity index (χ4n) is 8.41. The van der Waals surface area contributed by atoms with E-state index in [1.165, 1.54) is 29.4 Å². The second-order valence-electron chi connectivity index (χ2n) is 13.2. The van der Waals surface area contributed by atoms with Crippen LogP contribution in [0.4, 0.5) is 0 Å². The monoisotopic (exact) mass is 623 g/mol. The summed E-state index contributed by atoms with van der Waals surface area (Å²) < 4.78 is 0. The van der Waals surface area contributed by atoms with E-state index in [1.54, 1.807) is 14.1 Å². The lowest BCUT2D eigenvalue weighted by atomic mass is 9.57. The number of phenols is 1. The van der Waals surface area contributed by atoms with Gasteiger partial charge in [-0.25, -0.2) is 0 Å². The van der Waals surface area contributed by atoms with Gasteiger partial charge >= 0.3 is 0 Å². The summed E-state index contributed by atoms with van der Waals surface area (Å²) in [5, 5.41) is 47.9. The van der Waals surface area contributed by atoms with Crippen molar-refractivity contribution >= 4 is 34.0 Å². The molecule has 238 valence electrons. The number of aliphatic hydroxyl groups excluding tert-OH is 2. The van der Waals surface area contributed by atoms with Gasteiger partial charge in [-0.15, -0.1) is 0 Å². The van der Waals surface area contributed by atoms with Gasteiger partial charge < -0.3 is 26.2 Å². The number of likely N-dealkylation sites (N-methyl/N-ethyl adjacent to an activating group) is 1. The van der Waals surface area contributed by atoms with E-state index in [2.05, 4.69) is 29.2 Å². The number of aromatic hydroxyl groups is 1. The average Bonchev–Trinajstić information content (AvgIpc) is 3.52. The molecule has 3 aliphatic carbocycles. The summed E-state index contributed by atoms with van der Waals surface area (Å²) in [6.07, 6.45) is 2.66. The van der Waals surface area contributed by atoms with Gasteiger partial charge in [-0.2, -0.15) is 0 Å². The van der Waals surface area contributed by atoms with Crippen LogP contribution < -0.4 is 5.73 Å². The number of hydrogen-bond acceptors (Lipinski definition) is 9. The Hall–Kier alpha value is -4.51. The summed E-state index contributed by atoms with van der Waals surface area (Å²) in [6.45, 7) is 2.99. The molecule has 1 aliphatic heterocycles. The number of hydrogen-bond donors (Lipinski definition) is 5. The molecule has 46 heavy (non-hydrogen) atoms. The van der Waals surface area contributed by atoms with Crippen molar-refractivity contribution in [3.8, 4) is 16.9 Å². The zero-order chi connectivity index (χ0) is 32.7. The lowest BCUT2D eigenvalue weighted by Gasteiger charge is -2.50. The Kier molecular flexibility index (Phi) is 7.08. The molecule has 0 radical (unpaired) electrons. The largest absolute Gasteiger partial charge is 0.508 e. The Bertz CT molecular complexity index is 1900. The van der Waals surface area contributed by atoms with E-state index in [9.17, 15) is 34.8 Å². The van der Waals surface area contributed by atoms with Gasteiger partial charge in [0.1, 0.15) is 22.8 Å². The number of ketones is 2. The van der Waals surface area contributed by atoms with Gasteiger partial charge in [-0.05, 0) is 97.9 Å². The molecule has 2 fully saturated rings. The molecule has 1 amide bonds. The van der Waals surface area contributed by atoms with Crippen LogP contribution in [0.2, 0.25) is 0 Å². The van der Waals surface area contributed by atoms with Crippen molar-refractivity contribution in [1.29, 1.82) is 0 Å². The maximum Gasteiger partial charge on any atom is 0.255 e. The van der Waals surface area contributed by atoms with Crippen LogP contribution in [0.25, 0.3) is 27.7 Å². The molecular weight excluding hydrogens is 586 g/mol. The molecule has 0 spiro atoms. The number of aliphatic hydroxyl groups is 3. The first kappa shape index (κ1) is 30.2. The number of fused-ring (bicyclic) bond motifs is 4. The summed E-state index contributed by atoms with van der Waals surface area (Å²) in [5.74, 6) is -6.65. The molecule has 1 saturated carbocycles. The Morgan fingerprint density at radius 1 is 0.978 bits per heavy atom. The highest BCUT2D eigenvalue weighted by molar-refractivity contribution is 6.24. The van der Waals surface area contributed by atoms with Gasteiger partial charge in [0.25, 0.3) is 5.91 Å². The molecular formula is C36H37N3O7. The molecule has 4 atom stereocenters. The molecule has 3 aromatic carbocycles. The molecule has 4 aliphatic rings. The lowest BCUT2D eigenvalue weighted by molar-refractivity contribution is -0.153. The molecule has 0 aromatic heterocycles. The molecule has 0 bridgehead atoms. The molecule has 7 rings (SSSR count). The Balaban J connectivity index is 1.39. The highest BCUT2D eigenvalue weighted by atomic mass is 16.3. The normalized spacial score (nSPS) is 26.5. The third-order valence-corrected chi connectivity index (χ3v) is 10.5. The van der Waals surface area contributed by atoms with Crippen LogP contribution in [-0.4, -0.2) is 86.5 Å². The van der Waals surface area contributed by atoms with E-state index in [0.29, 0.717) is 5.56 Å². The molecule has 10 heteroatoms. The number of primary amides is 1. The van der Waals surface area contributed by atoms with Crippen molar-refractivity contribution in [3.05, 3.63) is 82.1 Å². The highest BCUT2D eigenvalue weighted by Gasteiger charge is 2.64. The number of phenolic OH excluding ortho intramolecular Hbond substituents is 1. The Morgan fingerprint density at radius 2 is 1.65 bits per heavy atom. The first-order valence-corrected chi connectivity index (χ1v) is 15.7. The maximum atomic E-state index is 14.2. The summed E-state index contributed by atoms with van der Waals surface area (Å²) >= 11 is 0. The number of rotatable bonds is 5. The van der Waals surface area contributed by atoms with Crippen molar-refractivity contribution in [2.75, 3.05) is 27.2 Å². The van der Waals surface area contributed by atoms with Crippen molar-refractivity contribution < 1.29 is 34.8 Å². The number of amides is 1. The minimum Gasteiger partial charge on any atom is -0.508 e. The third kappa shape index (κ3) is 4.24. The first-order chi connectivity index (χ1) is 21.9. The van der Waals surface area contributed by atoms with Gasteiger partial charge in [0, 0.05) is 18.0 Å². The Labute approximate surface area is 266 Å². The second kappa shape index (κ2) is 10.8. The molecule has 1 heterocycles. The molecule has 1 unspecified atom stereocenters. The van der Waals surface area contributed by atoms with E-state index >= 15 is 0 Å². The predicted molar refractivity (Wildman–Crippen MR) is 172 cm³/mol. The lowest BCUT2D eigenvalue weighted by Crippen LogP contribution is -2.65. The van der Waals surface area contributed by atoms with Gasteiger partial charge in [0.15, 0.2) is 11.4 Å². The third-order valence-electron chi connectivity index (χ3n) is 10.5. The van der Waals surface area contributed by atoms with E-state index in [4.69, 9.17) is 5.73 Å². The molecule has 1 saturated heterocycles. The van der Waals surface area contributed by atoms with Crippen LogP contribution in [0.15, 0.2) is 65.4 Å². The standard InChI is InChI=1S/C36H37N3O7/c1-38(2)30-25-16-19-15-24-23(22-10-9-18(17-39-13-5-6-14-39)20-7-3-4-8-21(20)22)11-12-26(40)28(24)31(41)27(19)33(43)36(25,46)34(44)29(32(30)42)35(37)45/h3-4,7-12,19,25,30,40-41,44,46H,5-6,13-17H2,1-2H3,(H2,37,45)/t19-,25-,30?,36-/m1/s1. The summed E-state index contributed by atoms with van der Waals surface area (Å²) in [5.41, 5.74) is 5.42. The maximum absolute atomic E-state index is 14.2. The zero-order valence-corrected chi connectivity index (χ0v) is 25.8. The fourth-order valence-corrected chi connectivity index (χ4v) is 8.41. The number of likely N-dealkylation sites (tertiary alicyclic amines) is 1. The molecule has 10 nitrogen and oxygen atoms in total. The number of carbonyl (C=O) groups excluding carboxylic acids is 3. The van der Waals surface area contributed by atoms with Crippen LogP contribution in [0.3, 0.4) is 0 Å². The minimum absolute atomic E-state index is 0.0381. The highest BCUT2D eigenvalue weighted by Crippen LogP contribution is 2.54. The Morgan fingerprint density at radius 3 is 2.33 bits per heavy atom. The van der Waals surface area contributed by atoms with Crippen molar-refractivity contribution in [2.45, 2.75) is 43.9 Å². The van der Waals surface area contributed by atoms with E-state index in [-0.39, 0.29) is 29.7 Å². The van der Waals surface area contributed by atoms with Gasteiger partial charge in [0.05, 0.1) is 11.6 Å². The van der Waals surface area contributed by atoms with Gasteiger partial charge in [0.2, 0.25) is 5.78 Å². The van der Waals surface area contributed by atoms with E-state index in [0.717, 1.165) is 41.5 Å². The zero-order valence-electron chi connectivity index (χ0n) is 25.8. The second-order valence-corrected chi connectivity index (χ2v) is 13.2. The fraction of sp³-hybridized carbons (Fsp3) is 0.361. The summed E-state index contributed by atoms with van der Waals surface area (Å²) in [7, 11) is 3.17. The number of carbonyl (C=O) groups is 3. The summed E-state index contributed by atoms with van der Waals surface area (Å²) in [6, 6.07) is 14.5. The number of nitrogens with two attached hydrogens (primary N) is 1. The SMILES string of the molecule is CN(C)C1C(=O)C(C(N)=O)=C(O)[C@]2(O)C(=O)C3=C(O)c4c(O)ccc(-c5ccc(CN6CCCC6)c6ccccc56)c4C[C@@H]3C[C@H]12. The number of nitrogens with zero attached hydrogens (tertiary/aromatic N) is 2. The van der Waals surface area contributed by atoms with Crippen LogP contribution in [0, 0.1) is 11.8 Å². The van der Waals surface area contributed by atoms with Gasteiger partial charge in [-0.3, -0.25) is 24.2 Å². The van der Waals surface area contributed by atoms with E-state index < -0.39 is 58.0 Å². The number of benzene rings is 3. The van der Waals surface area contributed by atoms with Crippen LogP contribution in [0.5, 0.6) is 5.75 Å². The smallest absolute Gasteiger partial charge is 0.255 e.